The predicted molar refractivity (Wildman–Crippen MR) is 133 cm³/mol. The van der Waals surface area contributed by atoms with Crippen LogP contribution in [-0.4, -0.2) is 32.4 Å². The van der Waals surface area contributed by atoms with Crippen molar-refractivity contribution in [3.8, 4) is 0 Å². The summed E-state index contributed by atoms with van der Waals surface area (Å²) in [6.07, 6.45) is 5.09. The van der Waals surface area contributed by atoms with Crippen LogP contribution in [0.25, 0.3) is 0 Å². The molecule has 8 heteroatoms. The van der Waals surface area contributed by atoms with Crippen molar-refractivity contribution in [2.75, 3.05) is 4.90 Å². The van der Waals surface area contributed by atoms with E-state index in [0.29, 0.717) is 36.5 Å². The molecule has 2 fully saturated rings. The fourth-order valence-electron chi connectivity index (χ4n) is 5.86. The van der Waals surface area contributed by atoms with Crippen LogP contribution >= 0.6 is 11.6 Å². The molecule has 1 N–H and O–H groups in total. The number of alkyl halides is 1. The minimum atomic E-state index is -0.874. The smallest absolute Gasteiger partial charge is 0.258 e. The molecule has 35 heavy (non-hydrogen) atoms. The second-order valence-corrected chi connectivity index (χ2v) is 11.1. The fourth-order valence-corrected chi connectivity index (χ4v) is 6.16. The number of nitrogens with zero attached hydrogens (tertiary/aromatic N) is 4. The van der Waals surface area contributed by atoms with E-state index in [4.69, 9.17) is 11.6 Å². The zero-order chi connectivity index (χ0) is 24.4. The number of carbonyl (C=O) groups is 1. The van der Waals surface area contributed by atoms with Gasteiger partial charge in [-0.15, -0.1) is 10.2 Å². The van der Waals surface area contributed by atoms with E-state index in [-0.39, 0.29) is 11.4 Å². The number of fused-ring (bicyclic) bond motifs is 1. The lowest BCUT2D eigenvalue weighted by Gasteiger charge is -2.43. The van der Waals surface area contributed by atoms with Crippen molar-refractivity contribution in [1.82, 2.24) is 20.1 Å². The molecule has 1 aliphatic heterocycles. The monoisotopic (exact) mass is 493 g/mol. The summed E-state index contributed by atoms with van der Waals surface area (Å²) in [6.45, 7) is 3.35. The molecule has 2 saturated carbocycles. The standard InChI is InChI=1S/C27H29ClFN5O/c1-26(7-4-8-26)30-14-17-9-21-22(23(28)10-17)15-34(24(21)35)20-6-3-5-18(11-20)27(12-19(29)13-27)25-32-31-16-33(25)2/h3,5-6,9-11,16,19,30H,4,7-8,12-15H2,1-2H3. The van der Waals surface area contributed by atoms with Crippen molar-refractivity contribution >= 4 is 23.2 Å². The Morgan fingerprint density at radius 3 is 2.69 bits per heavy atom. The lowest BCUT2D eigenvalue weighted by atomic mass is 9.62. The number of aromatic nitrogens is 3. The maximum absolute atomic E-state index is 14.2. The van der Waals surface area contributed by atoms with Gasteiger partial charge in [0.25, 0.3) is 5.91 Å². The van der Waals surface area contributed by atoms with Crippen LogP contribution in [0.2, 0.25) is 5.02 Å². The van der Waals surface area contributed by atoms with Gasteiger partial charge in [0.1, 0.15) is 18.3 Å². The third-order valence-corrected chi connectivity index (χ3v) is 8.55. The number of rotatable bonds is 6. The van der Waals surface area contributed by atoms with Crippen LogP contribution in [0.3, 0.4) is 0 Å². The van der Waals surface area contributed by atoms with Gasteiger partial charge in [-0.1, -0.05) is 23.7 Å². The molecule has 2 aliphatic carbocycles. The lowest BCUT2D eigenvalue weighted by molar-refractivity contribution is 0.0995. The molecule has 1 aromatic heterocycles. The minimum absolute atomic E-state index is 0.0551. The van der Waals surface area contributed by atoms with Crippen molar-refractivity contribution in [3.05, 3.63) is 75.8 Å². The van der Waals surface area contributed by atoms with Crippen LogP contribution in [0.4, 0.5) is 10.1 Å². The van der Waals surface area contributed by atoms with Gasteiger partial charge in [-0.25, -0.2) is 4.39 Å². The van der Waals surface area contributed by atoms with Crippen molar-refractivity contribution in [3.63, 3.8) is 0 Å². The molecule has 0 saturated heterocycles. The van der Waals surface area contributed by atoms with E-state index >= 15 is 0 Å². The molecule has 2 aromatic carbocycles. The molecule has 0 spiro atoms. The molecule has 0 bridgehead atoms. The van der Waals surface area contributed by atoms with E-state index in [0.717, 1.165) is 28.2 Å². The Bertz CT molecular complexity index is 1310. The molecule has 182 valence electrons. The van der Waals surface area contributed by atoms with Gasteiger partial charge in [0.05, 0.1) is 12.0 Å². The minimum Gasteiger partial charge on any atom is -0.320 e. The summed E-state index contributed by atoms with van der Waals surface area (Å²) in [4.78, 5) is 15.3. The van der Waals surface area contributed by atoms with E-state index < -0.39 is 11.6 Å². The number of anilines is 1. The van der Waals surface area contributed by atoms with Crippen molar-refractivity contribution in [1.29, 1.82) is 0 Å². The van der Waals surface area contributed by atoms with Gasteiger partial charge in [0, 0.05) is 41.0 Å². The molecular weight excluding hydrogens is 465 g/mol. The molecule has 6 rings (SSSR count). The summed E-state index contributed by atoms with van der Waals surface area (Å²) in [7, 11) is 1.88. The Morgan fingerprint density at radius 2 is 2.03 bits per heavy atom. The highest BCUT2D eigenvalue weighted by molar-refractivity contribution is 6.32. The third-order valence-electron chi connectivity index (χ3n) is 8.21. The highest BCUT2D eigenvalue weighted by Gasteiger charge is 2.50. The fraction of sp³-hybridized carbons (Fsp3) is 0.444. The Hall–Kier alpha value is -2.77. The maximum Gasteiger partial charge on any atom is 0.258 e. The quantitative estimate of drug-likeness (QED) is 0.520. The van der Waals surface area contributed by atoms with Crippen molar-refractivity contribution < 1.29 is 9.18 Å². The molecule has 3 aliphatic rings. The predicted octanol–water partition coefficient (Wildman–Crippen LogP) is 5.08. The Kier molecular flexibility index (Phi) is 5.27. The second kappa shape index (κ2) is 8.14. The normalized spacial score (nSPS) is 24.7. The SMILES string of the molecule is Cn1cnnc1C1(c2cccc(N3Cc4c(Cl)cc(CNC5(C)CCC5)cc4C3=O)c2)CC(F)C1. The van der Waals surface area contributed by atoms with Gasteiger partial charge < -0.3 is 14.8 Å². The highest BCUT2D eigenvalue weighted by Crippen LogP contribution is 2.50. The van der Waals surface area contributed by atoms with E-state index in [2.05, 4.69) is 22.4 Å². The molecule has 3 aromatic rings. The summed E-state index contributed by atoms with van der Waals surface area (Å²) >= 11 is 6.66. The Labute approximate surface area is 209 Å². The molecule has 1 amide bonds. The Balaban J connectivity index is 1.29. The van der Waals surface area contributed by atoms with Crippen LogP contribution in [0.15, 0.2) is 42.7 Å². The van der Waals surface area contributed by atoms with E-state index in [1.807, 2.05) is 48.0 Å². The van der Waals surface area contributed by atoms with Crippen LogP contribution in [0.5, 0.6) is 0 Å². The summed E-state index contributed by atoms with van der Waals surface area (Å²) in [6, 6.07) is 11.8. The third kappa shape index (κ3) is 3.67. The van der Waals surface area contributed by atoms with Gasteiger partial charge in [0.15, 0.2) is 0 Å². The average Bonchev–Trinajstić information content (AvgIpc) is 3.38. The number of hydrogen-bond acceptors (Lipinski definition) is 4. The summed E-state index contributed by atoms with van der Waals surface area (Å²) in [5.74, 6) is 0.695. The van der Waals surface area contributed by atoms with E-state index in [1.165, 1.54) is 19.3 Å². The van der Waals surface area contributed by atoms with Gasteiger partial charge >= 0.3 is 0 Å². The molecule has 0 radical (unpaired) electrons. The van der Waals surface area contributed by atoms with Gasteiger partial charge in [0.2, 0.25) is 0 Å². The molecule has 2 heterocycles. The number of nitrogens with one attached hydrogen (secondary N) is 1. The van der Waals surface area contributed by atoms with Crippen molar-refractivity contribution in [2.45, 2.75) is 69.2 Å². The summed E-state index contributed by atoms with van der Waals surface area (Å²) in [5.41, 5.74) is 3.92. The number of benzene rings is 2. The van der Waals surface area contributed by atoms with Crippen molar-refractivity contribution in [2.24, 2.45) is 7.05 Å². The largest absolute Gasteiger partial charge is 0.320 e. The summed E-state index contributed by atoms with van der Waals surface area (Å²) in [5, 5.41) is 12.6. The zero-order valence-corrected chi connectivity index (χ0v) is 20.8. The number of aryl methyl sites for hydroxylation is 1. The van der Waals surface area contributed by atoms with Crippen LogP contribution in [0, 0.1) is 0 Å². The number of carbonyl (C=O) groups excluding carboxylic acids is 1. The zero-order valence-electron chi connectivity index (χ0n) is 20.0. The highest BCUT2D eigenvalue weighted by atomic mass is 35.5. The first-order chi connectivity index (χ1) is 16.8. The van der Waals surface area contributed by atoms with Gasteiger partial charge in [-0.05, 0) is 74.4 Å². The first kappa shape index (κ1) is 22.7. The van der Waals surface area contributed by atoms with Crippen LogP contribution in [-0.2, 0) is 25.6 Å². The number of hydrogen-bond donors (Lipinski definition) is 1. The first-order valence-electron chi connectivity index (χ1n) is 12.3. The molecular formula is C27H29ClFN5O. The second-order valence-electron chi connectivity index (χ2n) is 10.7. The number of halogens is 2. The maximum atomic E-state index is 14.2. The average molecular weight is 494 g/mol. The van der Waals surface area contributed by atoms with Gasteiger partial charge in [-0.3, -0.25) is 4.79 Å². The van der Waals surface area contributed by atoms with Gasteiger partial charge in [-0.2, -0.15) is 0 Å². The lowest BCUT2D eigenvalue weighted by Crippen LogP contribution is -2.47. The first-order valence-corrected chi connectivity index (χ1v) is 12.6. The van der Waals surface area contributed by atoms with E-state index in [1.54, 1.807) is 11.2 Å². The molecule has 0 unspecified atom stereocenters. The summed E-state index contributed by atoms with van der Waals surface area (Å²) < 4.78 is 16.0. The Morgan fingerprint density at radius 1 is 1.23 bits per heavy atom. The van der Waals surface area contributed by atoms with E-state index in [9.17, 15) is 9.18 Å². The molecule has 6 nitrogen and oxygen atoms in total. The topological polar surface area (TPSA) is 63.1 Å². The van der Waals surface area contributed by atoms with Crippen LogP contribution in [0.1, 0.15) is 71.9 Å². The number of amides is 1. The molecule has 0 atom stereocenters. The van der Waals surface area contributed by atoms with Crippen LogP contribution < -0.4 is 10.2 Å².